The third-order valence-electron chi connectivity index (χ3n) is 7.07. The van der Waals surface area contributed by atoms with Gasteiger partial charge in [0.05, 0.1) is 39.9 Å². The molecule has 3 unspecified atom stereocenters. The Balaban J connectivity index is 4.74. The second-order valence-corrected chi connectivity index (χ2v) is 13.9. The zero-order valence-electron chi connectivity index (χ0n) is 28.1. The molecule has 2 N–H and O–H groups in total. The number of likely N-dealkylation sites (N-methyl/N-ethyl adjacent to an activating group) is 1. The number of nitrogens with one attached hydrogen (secondary N) is 1. The predicted molar refractivity (Wildman–Crippen MR) is 178 cm³/mol. The predicted octanol–water partition coefficient (Wildman–Crippen LogP) is 7.38. The number of phosphoric ester groups is 1. The molecule has 0 radical (unpaired) electrons. The molecule has 1 amide bonds. The summed E-state index contributed by atoms with van der Waals surface area (Å²) in [4.78, 5) is 24.9. The second kappa shape index (κ2) is 27.1. The van der Waals surface area contributed by atoms with Crippen molar-refractivity contribution in [2.24, 2.45) is 0 Å². The summed E-state index contributed by atoms with van der Waals surface area (Å²) in [5.74, 6) is -0.248. The molecule has 0 aliphatic rings. The van der Waals surface area contributed by atoms with Crippen LogP contribution in [0.5, 0.6) is 0 Å². The molecule has 0 aromatic rings. The van der Waals surface area contributed by atoms with Crippen LogP contribution in [0.25, 0.3) is 0 Å². The molecule has 0 bridgehead atoms. The molecule has 9 heteroatoms. The van der Waals surface area contributed by atoms with Gasteiger partial charge in [-0.15, -0.1) is 0 Å². The molecule has 0 fully saturated rings. The van der Waals surface area contributed by atoms with Crippen LogP contribution >= 0.6 is 7.82 Å². The standard InChI is InChI=1S/C34H65N2O6P/c1-6-8-10-12-14-16-17-18-20-21-23-25-27-33(37)32(31-42-43(39,40)41-30-29-36(3,4)5)35-34(38)28-26-24-22-19-15-13-11-9-7-2/h18-20,22,25,27,32-33,37H,6-17,21,23-24,26,28-31H2,1-5H3,(H-,35,38,39,40)/b20-18+,22-19-,27-25+. The Kier molecular flexibility index (Phi) is 26.3. The lowest BCUT2D eigenvalue weighted by Gasteiger charge is -2.29. The SMILES string of the molecule is CCCCCC/C=C\CCCC(=O)NC(COP(=O)([O-])OCC[N+](C)(C)C)C(O)/C=C/CC/C=C/CCCCCCCC. The lowest BCUT2D eigenvalue weighted by atomic mass is 10.1. The summed E-state index contributed by atoms with van der Waals surface area (Å²) in [5, 5.41) is 13.5. The van der Waals surface area contributed by atoms with Crippen LogP contribution in [-0.4, -0.2) is 68.5 Å². The van der Waals surface area contributed by atoms with Gasteiger partial charge >= 0.3 is 0 Å². The highest BCUT2D eigenvalue weighted by Gasteiger charge is 2.23. The van der Waals surface area contributed by atoms with Gasteiger partial charge in [-0.2, -0.15) is 0 Å². The van der Waals surface area contributed by atoms with Gasteiger partial charge in [-0.1, -0.05) is 102 Å². The van der Waals surface area contributed by atoms with Gasteiger partial charge in [0, 0.05) is 6.42 Å². The zero-order valence-corrected chi connectivity index (χ0v) is 29.0. The summed E-state index contributed by atoms with van der Waals surface area (Å²) in [6.07, 6.45) is 29.2. The third kappa shape index (κ3) is 29.2. The Hall–Kier alpha value is -1.28. The second-order valence-electron chi connectivity index (χ2n) is 12.5. The minimum Gasteiger partial charge on any atom is -0.756 e. The van der Waals surface area contributed by atoms with Crippen LogP contribution < -0.4 is 10.2 Å². The fourth-order valence-electron chi connectivity index (χ4n) is 4.29. The molecule has 8 nitrogen and oxygen atoms in total. The lowest BCUT2D eigenvalue weighted by Crippen LogP contribution is -2.45. The molecule has 43 heavy (non-hydrogen) atoms. The Morgan fingerprint density at radius 2 is 1.30 bits per heavy atom. The van der Waals surface area contributed by atoms with Crippen molar-refractivity contribution in [2.45, 2.75) is 135 Å². The van der Waals surface area contributed by atoms with Gasteiger partial charge in [0.1, 0.15) is 13.2 Å². The fourth-order valence-corrected chi connectivity index (χ4v) is 5.01. The highest BCUT2D eigenvalue weighted by molar-refractivity contribution is 7.45. The van der Waals surface area contributed by atoms with Crippen LogP contribution in [0.2, 0.25) is 0 Å². The number of phosphoric acid groups is 1. The first-order valence-corrected chi connectivity index (χ1v) is 18.3. The number of amides is 1. The van der Waals surface area contributed by atoms with Crippen molar-refractivity contribution < 1.29 is 32.9 Å². The van der Waals surface area contributed by atoms with Crippen molar-refractivity contribution in [1.82, 2.24) is 5.32 Å². The molecule has 0 rings (SSSR count). The number of carbonyl (C=O) groups excluding carboxylic acids is 1. The Morgan fingerprint density at radius 1 is 0.791 bits per heavy atom. The van der Waals surface area contributed by atoms with Crippen molar-refractivity contribution >= 4 is 13.7 Å². The van der Waals surface area contributed by atoms with Crippen LogP contribution in [0.3, 0.4) is 0 Å². The van der Waals surface area contributed by atoms with Crippen LogP contribution in [0, 0.1) is 0 Å². The highest BCUT2D eigenvalue weighted by atomic mass is 31.2. The normalized spacial score (nSPS) is 15.4. The number of hydrogen-bond acceptors (Lipinski definition) is 6. The van der Waals surface area contributed by atoms with Gasteiger partial charge in [-0.25, -0.2) is 0 Å². The first-order valence-electron chi connectivity index (χ1n) is 16.9. The number of aliphatic hydroxyl groups is 1. The molecule has 0 saturated heterocycles. The molecular weight excluding hydrogens is 563 g/mol. The van der Waals surface area contributed by atoms with Gasteiger partial charge in [0.2, 0.25) is 5.91 Å². The maximum Gasteiger partial charge on any atom is 0.268 e. The van der Waals surface area contributed by atoms with E-state index in [0.717, 1.165) is 32.1 Å². The molecule has 0 spiro atoms. The first kappa shape index (κ1) is 41.7. The summed E-state index contributed by atoms with van der Waals surface area (Å²) in [6, 6.07) is -0.912. The van der Waals surface area contributed by atoms with E-state index in [1.165, 1.54) is 64.2 Å². The van der Waals surface area contributed by atoms with E-state index < -0.39 is 26.6 Å². The summed E-state index contributed by atoms with van der Waals surface area (Å²) < 4.78 is 22.9. The average Bonchev–Trinajstić information content (AvgIpc) is 2.94. The van der Waals surface area contributed by atoms with Crippen LogP contribution in [0.15, 0.2) is 36.5 Å². The maximum atomic E-state index is 12.6. The smallest absolute Gasteiger partial charge is 0.268 e. The maximum absolute atomic E-state index is 12.6. The van der Waals surface area contributed by atoms with Crippen molar-refractivity contribution in [2.75, 3.05) is 40.9 Å². The summed E-state index contributed by atoms with van der Waals surface area (Å²) in [6.45, 7) is 4.50. The monoisotopic (exact) mass is 628 g/mol. The first-order chi connectivity index (χ1) is 20.5. The zero-order chi connectivity index (χ0) is 32.2. The average molecular weight is 629 g/mol. The number of quaternary nitrogens is 1. The van der Waals surface area contributed by atoms with E-state index >= 15 is 0 Å². The number of carbonyl (C=O) groups is 1. The minimum absolute atomic E-state index is 0.0117. The van der Waals surface area contributed by atoms with E-state index in [-0.39, 0.29) is 18.9 Å². The molecule has 0 aliphatic carbocycles. The van der Waals surface area contributed by atoms with E-state index in [1.54, 1.807) is 6.08 Å². The number of unbranched alkanes of at least 4 members (excludes halogenated alkanes) is 12. The van der Waals surface area contributed by atoms with Crippen molar-refractivity contribution in [3.63, 3.8) is 0 Å². The van der Waals surface area contributed by atoms with Crippen LogP contribution in [0.4, 0.5) is 0 Å². The molecular formula is C34H65N2O6P. The quantitative estimate of drug-likeness (QED) is 0.0387. The molecule has 0 aromatic heterocycles. The number of hydrogen-bond donors (Lipinski definition) is 2. The molecule has 3 atom stereocenters. The summed E-state index contributed by atoms with van der Waals surface area (Å²) in [5.41, 5.74) is 0. The molecule has 0 aromatic carbocycles. The third-order valence-corrected chi connectivity index (χ3v) is 8.04. The van der Waals surface area contributed by atoms with E-state index in [0.29, 0.717) is 17.4 Å². The Morgan fingerprint density at radius 3 is 1.91 bits per heavy atom. The lowest BCUT2D eigenvalue weighted by molar-refractivity contribution is -0.870. The molecule has 0 heterocycles. The van der Waals surface area contributed by atoms with E-state index in [2.05, 4.69) is 43.5 Å². The fraction of sp³-hybridized carbons (Fsp3) is 0.794. The Bertz CT molecular complexity index is 809. The number of rotatable bonds is 29. The molecule has 252 valence electrons. The van der Waals surface area contributed by atoms with E-state index in [4.69, 9.17) is 9.05 Å². The van der Waals surface area contributed by atoms with Crippen LogP contribution in [-0.2, 0) is 18.4 Å². The van der Waals surface area contributed by atoms with E-state index in [9.17, 15) is 19.4 Å². The van der Waals surface area contributed by atoms with Gasteiger partial charge in [0.25, 0.3) is 7.82 Å². The van der Waals surface area contributed by atoms with Crippen molar-refractivity contribution in [1.29, 1.82) is 0 Å². The van der Waals surface area contributed by atoms with Crippen molar-refractivity contribution in [3.8, 4) is 0 Å². The van der Waals surface area contributed by atoms with Gasteiger partial charge in [-0.3, -0.25) is 9.36 Å². The number of nitrogens with zero attached hydrogens (tertiary/aromatic N) is 1. The topological polar surface area (TPSA) is 108 Å². The van der Waals surface area contributed by atoms with Gasteiger partial charge in [0.15, 0.2) is 0 Å². The highest BCUT2D eigenvalue weighted by Crippen LogP contribution is 2.38. The van der Waals surface area contributed by atoms with Gasteiger partial charge in [-0.05, 0) is 51.4 Å². The number of aliphatic hydroxyl groups excluding tert-OH is 1. The van der Waals surface area contributed by atoms with Crippen molar-refractivity contribution in [3.05, 3.63) is 36.5 Å². The summed E-state index contributed by atoms with van der Waals surface area (Å²) >= 11 is 0. The minimum atomic E-state index is -4.58. The van der Waals surface area contributed by atoms with Gasteiger partial charge < -0.3 is 28.8 Å². The number of allylic oxidation sites excluding steroid dienone is 5. The van der Waals surface area contributed by atoms with Crippen LogP contribution in [0.1, 0.15) is 123 Å². The molecule has 0 saturated carbocycles. The molecule has 0 aliphatic heterocycles. The largest absolute Gasteiger partial charge is 0.756 e. The Labute approximate surface area is 264 Å². The van der Waals surface area contributed by atoms with E-state index in [1.807, 2.05) is 27.2 Å². The summed E-state index contributed by atoms with van der Waals surface area (Å²) in [7, 11) is 1.22.